The molecule has 1 aliphatic heterocycles. The Kier molecular flexibility index (Phi) is 9.12. The van der Waals surface area contributed by atoms with Crippen molar-refractivity contribution in [3.8, 4) is 0 Å². The summed E-state index contributed by atoms with van der Waals surface area (Å²) in [7, 11) is 0. The Balaban J connectivity index is 0.000000479. The minimum atomic E-state index is -5.08. The maximum absolute atomic E-state index is 13.7. The van der Waals surface area contributed by atoms with Crippen LogP contribution in [0.4, 0.5) is 29.1 Å². The Morgan fingerprint density at radius 2 is 1.73 bits per heavy atom. The van der Waals surface area contributed by atoms with E-state index >= 15 is 0 Å². The van der Waals surface area contributed by atoms with Gasteiger partial charge in [0, 0.05) is 12.1 Å². The number of piperidine rings is 1. The van der Waals surface area contributed by atoms with Crippen LogP contribution in [0.25, 0.3) is 0 Å². The summed E-state index contributed by atoms with van der Waals surface area (Å²) in [4.78, 5) is 37.8. The Morgan fingerprint density at radius 1 is 1.09 bits per heavy atom. The molecule has 8 nitrogen and oxygen atoms in total. The third-order valence-electron chi connectivity index (χ3n) is 4.41. The van der Waals surface area contributed by atoms with Gasteiger partial charge in [0.2, 0.25) is 5.91 Å². The number of aromatic nitrogens is 1. The lowest BCUT2D eigenvalue weighted by Gasteiger charge is -2.22. The average molecular weight is 491 g/mol. The van der Waals surface area contributed by atoms with Gasteiger partial charge in [-0.25, -0.2) is 14.2 Å². The van der Waals surface area contributed by atoms with Gasteiger partial charge in [-0.3, -0.25) is 9.59 Å². The molecule has 0 radical (unpaired) electrons. The molecule has 1 saturated heterocycles. The van der Waals surface area contributed by atoms with Gasteiger partial charge in [-0.2, -0.15) is 13.2 Å². The second kappa shape index (κ2) is 11.6. The van der Waals surface area contributed by atoms with Crippen molar-refractivity contribution in [3.63, 3.8) is 0 Å². The summed E-state index contributed by atoms with van der Waals surface area (Å²) in [6.07, 6.45) is -2.24. The fourth-order valence-corrected chi connectivity index (χ4v) is 2.88. The van der Waals surface area contributed by atoms with Crippen LogP contribution in [0, 0.1) is 11.7 Å². The molecular weight excluding hydrogens is 472 g/mol. The fraction of sp³-hybridized carbons (Fsp3) is 0.300. The topological polar surface area (TPSA) is 120 Å². The summed E-state index contributed by atoms with van der Waals surface area (Å²) in [5.74, 6) is -3.92. The number of carbonyl (C=O) groups is 3. The second-order valence-corrected chi connectivity index (χ2v) is 7.26. The molecule has 1 aromatic heterocycles. The molecule has 2 heterocycles. The van der Waals surface area contributed by atoms with E-state index in [4.69, 9.17) is 21.5 Å². The second-order valence-electron chi connectivity index (χ2n) is 6.82. The highest BCUT2D eigenvalue weighted by molar-refractivity contribution is 6.30. The van der Waals surface area contributed by atoms with Gasteiger partial charge in [-0.1, -0.05) is 11.6 Å². The van der Waals surface area contributed by atoms with Crippen molar-refractivity contribution in [2.24, 2.45) is 5.92 Å². The van der Waals surface area contributed by atoms with Gasteiger partial charge in [0.25, 0.3) is 5.91 Å². The van der Waals surface area contributed by atoms with Gasteiger partial charge >= 0.3 is 12.1 Å². The fourth-order valence-electron chi connectivity index (χ4n) is 2.77. The number of benzene rings is 1. The molecule has 178 valence electrons. The predicted octanol–water partition coefficient (Wildman–Crippen LogP) is 3.70. The molecule has 0 saturated carbocycles. The molecule has 0 atom stereocenters. The number of halogens is 5. The Morgan fingerprint density at radius 3 is 2.27 bits per heavy atom. The van der Waals surface area contributed by atoms with Crippen molar-refractivity contribution >= 4 is 40.9 Å². The summed E-state index contributed by atoms with van der Waals surface area (Å²) >= 11 is 5.77. The monoisotopic (exact) mass is 490 g/mol. The van der Waals surface area contributed by atoms with Crippen molar-refractivity contribution in [3.05, 3.63) is 52.9 Å². The molecule has 3 rings (SSSR count). The Hall–Kier alpha value is -3.25. The first kappa shape index (κ1) is 26.0. The smallest absolute Gasteiger partial charge is 0.475 e. The number of rotatable bonds is 4. The third kappa shape index (κ3) is 8.31. The van der Waals surface area contributed by atoms with Crippen LogP contribution in [-0.4, -0.2) is 47.1 Å². The molecule has 1 aliphatic rings. The van der Waals surface area contributed by atoms with Crippen molar-refractivity contribution in [1.29, 1.82) is 0 Å². The minimum absolute atomic E-state index is 0.0315. The molecule has 1 aromatic carbocycles. The number of nitrogens with one attached hydrogen (secondary N) is 3. The molecule has 0 spiro atoms. The lowest BCUT2D eigenvalue weighted by molar-refractivity contribution is -0.192. The van der Waals surface area contributed by atoms with E-state index in [1.165, 1.54) is 24.4 Å². The Labute approximate surface area is 190 Å². The molecule has 33 heavy (non-hydrogen) atoms. The van der Waals surface area contributed by atoms with E-state index in [9.17, 15) is 27.2 Å². The van der Waals surface area contributed by atoms with E-state index < -0.39 is 23.9 Å². The number of pyridine rings is 1. The maximum Gasteiger partial charge on any atom is 0.490 e. The number of hydrogen-bond acceptors (Lipinski definition) is 5. The highest BCUT2D eigenvalue weighted by atomic mass is 35.5. The zero-order chi connectivity index (χ0) is 24.6. The van der Waals surface area contributed by atoms with Gasteiger partial charge in [-0.15, -0.1) is 0 Å². The standard InChI is InChI=1S/C18H18ClFN4O2.C2HF3O2/c19-12-1-4-16(22-10-12)24-18(26)14-9-13(20)2-3-15(14)23-17(25)11-5-7-21-8-6-11;3-2(4,5)1(6)7/h1-4,9-11,21H,5-8H2,(H,23,25)(H,22,24,26);(H,6,7). The first-order chi connectivity index (χ1) is 15.5. The number of carbonyl (C=O) groups excluding carboxylic acids is 2. The molecule has 2 aromatic rings. The maximum atomic E-state index is 13.7. The number of carboxylic acids is 1. The van der Waals surface area contributed by atoms with Crippen LogP contribution in [-0.2, 0) is 9.59 Å². The average Bonchev–Trinajstić information content (AvgIpc) is 2.77. The Bertz CT molecular complexity index is 997. The van der Waals surface area contributed by atoms with Crippen molar-refractivity contribution < 1.29 is 37.1 Å². The van der Waals surface area contributed by atoms with Crippen LogP contribution in [0.3, 0.4) is 0 Å². The number of alkyl halides is 3. The van der Waals surface area contributed by atoms with Crippen LogP contribution in [0.5, 0.6) is 0 Å². The van der Waals surface area contributed by atoms with Crippen molar-refractivity contribution in [2.45, 2.75) is 19.0 Å². The molecule has 1 fully saturated rings. The molecule has 0 bridgehead atoms. The third-order valence-corrected chi connectivity index (χ3v) is 4.63. The molecular formula is C20H19ClF4N4O4. The van der Waals surface area contributed by atoms with E-state index in [0.717, 1.165) is 32.0 Å². The van der Waals surface area contributed by atoms with Crippen LogP contribution >= 0.6 is 11.6 Å². The van der Waals surface area contributed by atoms with E-state index in [0.29, 0.717) is 5.02 Å². The number of carboxylic acid groups (broad SMARTS) is 1. The number of hydrogen-bond donors (Lipinski definition) is 4. The number of amides is 2. The van der Waals surface area contributed by atoms with Crippen LogP contribution in [0.2, 0.25) is 5.02 Å². The zero-order valence-corrected chi connectivity index (χ0v) is 17.6. The van der Waals surface area contributed by atoms with Crippen molar-refractivity contribution in [1.82, 2.24) is 10.3 Å². The van der Waals surface area contributed by atoms with E-state index in [1.807, 2.05) is 0 Å². The predicted molar refractivity (Wildman–Crippen MR) is 112 cm³/mol. The van der Waals surface area contributed by atoms with Crippen LogP contribution < -0.4 is 16.0 Å². The van der Waals surface area contributed by atoms with E-state index in [1.54, 1.807) is 6.07 Å². The lowest BCUT2D eigenvalue weighted by atomic mass is 9.97. The summed E-state index contributed by atoms with van der Waals surface area (Å²) in [5, 5.41) is 16.1. The van der Waals surface area contributed by atoms with Gasteiger partial charge < -0.3 is 21.1 Å². The molecule has 2 amide bonds. The van der Waals surface area contributed by atoms with Crippen molar-refractivity contribution in [2.75, 3.05) is 23.7 Å². The first-order valence-corrected chi connectivity index (χ1v) is 9.89. The van der Waals surface area contributed by atoms with Gasteiger partial charge in [0.15, 0.2) is 0 Å². The van der Waals surface area contributed by atoms with E-state index in [2.05, 4.69) is 20.9 Å². The van der Waals surface area contributed by atoms with Gasteiger partial charge in [0.05, 0.1) is 16.3 Å². The SMILES string of the molecule is O=C(Nc1ccc(Cl)cn1)c1cc(F)ccc1NC(=O)C1CCNCC1.O=C(O)C(F)(F)F. The molecule has 13 heteroatoms. The van der Waals surface area contributed by atoms with Gasteiger partial charge in [0.1, 0.15) is 11.6 Å². The molecule has 0 unspecified atom stereocenters. The first-order valence-electron chi connectivity index (χ1n) is 9.51. The number of anilines is 2. The minimum Gasteiger partial charge on any atom is -0.475 e. The summed E-state index contributed by atoms with van der Waals surface area (Å²) in [6.45, 7) is 1.55. The van der Waals surface area contributed by atoms with Crippen LogP contribution in [0.15, 0.2) is 36.5 Å². The summed E-state index contributed by atoms with van der Waals surface area (Å²) in [5.41, 5.74) is 0.297. The number of aliphatic carboxylic acids is 1. The highest BCUT2D eigenvalue weighted by Crippen LogP contribution is 2.22. The van der Waals surface area contributed by atoms with Crippen LogP contribution in [0.1, 0.15) is 23.2 Å². The molecule has 4 N–H and O–H groups in total. The summed E-state index contributed by atoms with van der Waals surface area (Å²) in [6, 6.07) is 6.79. The summed E-state index contributed by atoms with van der Waals surface area (Å²) < 4.78 is 45.4. The van der Waals surface area contributed by atoms with E-state index in [-0.39, 0.29) is 28.9 Å². The normalized spacial score (nSPS) is 14.0. The van der Waals surface area contributed by atoms with Gasteiger partial charge in [-0.05, 0) is 56.3 Å². The quantitative estimate of drug-likeness (QED) is 0.485. The lowest BCUT2D eigenvalue weighted by Crippen LogP contribution is -2.35. The largest absolute Gasteiger partial charge is 0.490 e. The zero-order valence-electron chi connectivity index (χ0n) is 16.9. The highest BCUT2D eigenvalue weighted by Gasteiger charge is 2.38. The number of nitrogens with zero attached hydrogens (tertiary/aromatic N) is 1. The molecule has 0 aliphatic carbocycles.